The third-order valence-electron chi connectivity index (χ3n) is 7.70. The molecule has 2 aromatic carbocycles. The number of ketones is 2. The highest BCUT2D eigenvalue weighted by atomic mass is 16.6. The molecule has 2 fully saturated rings. The first kappa shape index (κ1) is 30.2. The van der Waals surface area contributed by atoms with Gasteiger partial charge < -0.3 is 30.3 Å². The zero-order valence-corrected chi connectivity index (χ0v) is 23.8. The Kier molecular flexibility index (Phi) is 8.84. The predicted molar refractivity (Wildman–Crippen MR) is 149 cm³/mol. The van der Waals surface area contributed by atoms with E-state index in [1.807, 2.05) is 0 Å². The van der Waals surface area contributed by atoms with Crippen molar-refractivity contribution in [3.05, 3.63) is 70.8 Å². The summed E-state index contributed by atoms with van der Waals surface area (Å²) in [7, 11) is 0. The van der Waals surface area contributed by atoms with Gasteiger partial charge in [-0.1, -0.05) is 48.5 Å². The zero-order valence-electron chi connectivity index (χ0n) is 23.8. The van der Waals surface area contributed by atoms with Crippen LogP contribution in [0.5, 0.6) is 0 Å². The molecule has 2 unspecified atom stereocenters. The zero-order chi connectivity index (χ0) is 29.9. The number of rotatable bonds is 10. The number of alkyl carbamates (subject to hydrolysis) is 2. The second kappa shape index (κ2) is 12.0. The fourth-order valence-electron chi connectivity index (χ4n) is 5.58. The molecule has 4 rings (SSSR count). The first-order valence-electron chi connectivity index (χ1n) is 13.8. The van der Waals surface area contributed by atoms with Gasteiger partial charge in [0.1, 0.15) is 24.4 Å². The van der Waals surface area contributed by atoms with Gasteiger partial charge in [-0.3, -0.25) is 9.59 Å². The fraction of sp³-hybridized carbons (Fsp3) is 0.484. The van der Waals surface area contributed by atoms with Gasteiger partial charge in [0.05, 0.1) is 0 Å². The van der Waals surface area contributed by atoms with Gasteiger partial charge in [-0.2, -0.15) is 0 Å². The molecule has 0 radical (unpaired) electrons. The van der Waals surface area contributed by atoms with Gasteiger partial charge in [0, 0.05) is 23.2 Å². The summed E-state index contributed by atoms with van der Waals surface area (Å²) in [5, 5.41) is 25.6. The highest BCUT2D eigenvalue weighted by Gasteiger charge is 2.47. The van der Waals surface area contributed by atoms with Crippen molar-refractivity contribution in [1.29, 1.82) is 0 Å². The Hall–Kier alpha value is -3.76. The first-order chi connectivity index (χ1) is 19.2. The second-order valence-electron chi connectivity index (χ2n) is 12.1. The maximum absolute atomic E-state index is 12.5. The van der Waals surface area contributed by atoms with Crippen molar-refractivity contribution in [1.82, 2.24) is 10.6 Å². The number of amides is 2. The van der Waals surface area contributed by atoms with Crippen LogP contribution in [0.1, 0.15) is 78.8 Å². The molecule has 2 saturated carbocycles. The Balaban J connectivity index is 1.21. The molecule has 10 heteroatoms. The summed E-state index contributed by atoms with van der Waals surface area (Å²) in [6.45, 7) is 5.79. The van der Waals surface area contributed by atoms with Crippen molar-refractivity contribution in [3.63, 3.8) is 0 Å². The lowest BCUT2D eigenvalue weighted by Crippen LogP contribution is -2.49. The minimum atomic E-state index is -1.46. The van der Waals surface area contributed by atoms with Crippen molar-refractivity contribution < 1.29 is 38.9 Å². The van der Waals surface area contributed by atoms with Crippen molar-refractivity contribution in [2.75, 3.05) is 0 Å². The smallest absolute Gasteiger partial charge is 0.407 e. The van der Waals surface area contributed by atoms with E-state index in [9.17, 15) is 29.4 Å². The quantitative estimate of drug-likeness (QED) is 0.316. The third kappa shape index (κ3) is 7.71. The lowest BCUT2D eigenvalue weighted by Gasteiger charge is -2.30. The van der Waals surface area contributed by atoms with E-state index >= 15 is 0 Å². The summed E-state index contributed by atoms with van der Waals surface area (Å²) in [5.41, 5.74) is -0.754. The summed E-state index contributed by atoms with van der Waals surface area (Å²) in [5.74, 6) is -0.321. The van der Waals surface area contributed by atoms with Crippen molar-refractivity contribution in [2.45, 2.75) is 83.5 Å². The van der Waals surface area contributed by atoms with Gasteiger partial charge in [0.15, 0.2) is 11.6 Å². The summed E-state index contributed by atoms with van der Waals surface area (Å²) < 4.78 is 10.8. The number of fused-ring (bicyclic) bond motifs is 2. The van der Waals surface area contributed by atoms with Crippen LogP contribution >= 0.6 is 0 Å². The van der Waals surface area contributed by atoms with Gasteiger partial charge in [-0.05, 0) is 69.9 Å². The molecule has 0 saturated heterocycles. The Labute approximate surface area is 239 Å². The molecule has 10 nitrogen and oxygen atoms in total. The van der Waals surface area contributed by atoms with Crippen LogP contribution in [-0.2, 0) is 22.7 Å². The Morgan fingerprint density at radius 1 is 0.683 bits per heavy atom. The number of carbonyl (C=O) groups is 4. The average Bonchev–Trinajstić information content (AvgIpc) is 3.49. The van der Waals surface area contributed by atoms with Gasteiger partial charge in [-0.15, -0.1) is 0 Å². The summed E-state index contributed by atoms with van der Waals surface area (Å²) in [4.78, 5) is 49.3. The van der Waals surface area contributed by atoms with E-state index in [1.165, 1.54) is 27.7 Å². The van der Waals surface area contributed by atoms with E-state index in [0.717, 1.165) is 19.3 Å². The highest BCUT2D eigenvalue weighted by Crippen LogP contribution is 2.44. The lowest BCUT2D eigenvalue weighted by molar-refractivity contribution is 0.0487. The van der Waals surface area contributed by atoms with Crippen LogP contribution in [0.4, 0.5) is 9.59 Å². The van der Waals surface area contributed by atoms with Gasteiger partial charge in [0.2, 0.25) is 0 Å². The highest BCUT2D eigenvalue weighted by molar-refractivity contribution is 6.02. The molecule has 2 aromatic rings. The number of nitrogens with one attached hydrogen (secondary N) is 2. The van der Waals surface area contributed by atoms with Gasteiger partial charge in [-0.25, -0.2) is 9.59 Å². The van der Waals surface area contributed by atoms with Crippen LogP contribution in [0.15, 0.2) is 48.5 Å². The number of carbonyl (C=O) groups excluding carboxylic acids is 4. The van der Waals surface area contributed by atoms with Crippen molar-refractivity contribution in [2.24, 2.45) is 11.8 Å². The van der Waals surface area contributed by atoms with E-state index in [1.54, 1.807) is 48.5 Å². The molecule has 0 spiro atoms. The SMILES string of the molecule is CC(C)(O)C(=O)c1ccc(COC(=O)NC2CC3CC(NC(=O)OCc4ccc(C(=O)C(C)(C)O)cc4)C2C3)cc1. The molecule has 41 heavy (non-hydrogen) atoms. The maximum Gasteiger partial charge on any atom is 0.407 e. The topological polar surface area (TPSA) is 151 Å². The molecule has 0 aliphatic heterocycles. The summed E-state index contributed by atoms with van der Waals surface area (Å²) in [6.07, 6.45) is 1.43. The van der Waals surface area contributed by atoms with E-state index < -0.39 is 23.4 Å². The Bertz CT molecular complexity index is 1180. The lowest BCUT2D eigenvalue weighted by atomic mass is 9.91. The van der Waals surface area contributed by atoms with Crippen LogP contribution < -0.4 is 10.6 Å². The first-order valence-corrected chi connectivity index (χ1v) is 13.8. The number of benzene rings is 2. The van der Waals surface area contributed by atoms with Crippen LogP contribution in [0.2, 0.25) is 0 Å². The number of aliphatic hydroxyl groups is 2. The molecule has 0 heterocycles. The van der Waals surface area contributed by atoms with Crippen LogP contribution in [0, 0.1) is 11.8 Å². The van der Waals surface area contributed by atoms with E-state index in [2.05, 4.69) is 10.6 Å². The molecule has 220 valence electrons. The van der Waals surface area contributed by atoms with E-state index in [4.69, 9.17) is 9.47 Å². The minimum Gasteiger partial charge on any atom is -0.445 e. The molecule has 0 aromatic heterocycles. The molecule has 2 aliphatic rings. The molecule has 2 atom stereocenters. The molecule has 2 amide bonds. The van der Waals surface area contributed by atoms with E-state index in [-0.39, 0.29) is 42.8 Å². The summed E-state index contributed by atoms with van der Waals surface area (Å²) >= 11 is 0. The maximum atomic E-state index is 12.5. The average molecular weight is 567 g/mol. The molecule has 2 bridgehead atoms. The standard InChI is InChI=1S/C31H38N2O8/c1-30(2,38)26(34)21-9-5-18(6-10-21)16-40-28(36)32-24-14-20-13-23(24)25(15-20)33-29(37)41-17-19-7-11-22(12-8-19)27(35)31(3,4)39/h5-12,20,23-25,38-39H,13-17H2,1-4H3,(H,32,36)(H,33,37). The number of Topliss-reactive ketones (excluding diaryl/α,β-unsaturated/α-hetero) is 2. The molecular weight excluding hydrogens is 528 g/mol. The van der Waals surface area contributed by atoms with Gasteiger partial charge >= 0.3 is 12.2 Å². The predicted octanol–water partition coefficient (Wildman–Crippen LogP) is 3.91. The summed E-state index contributed by atoms with van der Waals surface area (Å²) in [6, 6.07) is 12.8. The van der Waals surface area contributed by atoms with Crippen LogP contribution in [0.25, 0.3) is 0 Å². The number of hydrogen-bond acceptors (Lipinski definition) is 8. The molecule has 2 aliphatic carbocycles. The Morgan fingerprint density at radius 2 is 1.05 bits per heavy atom. The normalized spacial score (nSPS) is 21.7. The monoisotopic (exact) mass is 566 g/mol. The van der Waals surface area contributed by atoms with E-state index in [0.29, 0.717) is 28.2 Å². The third-order valence-corrected chi connectivity index (χ3v) is 7.70. The Morgan fingerprint density at radius 3 is 1.37 bits per heavy atom. The van der Waals surface area contributed by atoms with Crippen LogP contribution in [-0.4, -0.2) is 57.3 Å². The largest absolute Gasteiger partial charge is 0.445 e. The molecular formula is C31H38N2O8. The molecule has 4 N–H and O–H groups in total. The number of ether oxygens (including phenoxy) is 2. The number of hydrogen-bond donors (Lipinski definition) is 4. The van der Waals surface area contributed by atoms with Crippen molar-refractivity contribution in [3.8, 4) is 0 Å². The second-order valence-corrected chi connectivity index (χ2v) is 12.1. The fourth-order valence-corrected chi connectivity index (χ4v) is 5.58. The van der Waals surface area contributed by atoms with Crippen LogP contribution in [0.3, 0.4) is 0 Å². The van der Waals surface area contributed by atoms with Gasteiger partial charge in [0.25, 0.3) is 0 Å². The minimum absolute atomic E-state index is 0.0323. The van der Waals surface area contributed by atoms with Crippen molar-refractivity contribution >= 4 is 23.8 Å².